The number of benzene rings is 1. The molecule has 1 aromatic carbocycles. The Balaban J connectivity index is 2.27. The van der Waals surface area contributed by atoms with Crippen molar-refractivity contribution in [1.29, 1.82) is 0 Å². The van der Waals surface area contributed by atoms with Gasteiger partial charge in [0.05, 0.1) is 11.1 Å². The summed E-state index contributed by atoms with van der Waals surface area (Å²) in [5, 5.41) is 0. The van der Waals surface area contributed by atoms with Crippen LogP contribution in [0.15, 0.2) is 47.4 Å². The molecule has 1 aromatic heterocycles. The minimum Gasteiger partial charge on any atom is -0.458 e. The van der Waals surface area contributed by atoms with Crippen LogP contribution in [-0.4, -0.2) is 18.9 Å². The Bertz CT molecular complexity index is 658. The maximum atomic E-state index is 14.0. The summed E-state index contributed by atoms with van der Waals surface area (Å²) >= 11 is 0. The zero-order chi connectivity index (χ0) is 14.5. The third-order valence-electron chi connectivity index (χ3n) is 2.55. The van der Waals surface area contributed by atoms with Gasteiger partial charge in [-0.05, 0) is 30.3 Å². The van der Waals surface area contributed by atoms with Crippen LogP contribution in [0.25, 0.3) is 11.3 Å². The van der Waals surface area contributed by atoms with Gasteiger partial charge in [0.15, 0.2) is 12.0 Å². The monoisotopic (exact) mass is 274 g/mol. The molecule has 0 bridgehead atoms. The minimum atomic E-state index is -0.636. The summed E-state index contributed by atoms with van der Waals surface area (Å²) in [5.74, 6) is -0.947. The lowest BCUT2D eigenvalue weighted by Crippen LogP contribution is -2.05. The van der Waals surface area contributed by atoms with Gasteiger partial charge in [0.2, 0.25) is 0 Å². The Hall–Kier alpha value is -2.69. The number of carbonyl (C=O) groups excluding carboxylic acids is 2. The zero-order valence-corrected chi connectivity index (χ0v) is 10.5. The molecule has 20 heavy (non-hydrogen) atoms. The molecule has 0 aliphatic rings. The van der Waals surface area contributed by atoms with Crippen molar-refractivity contribution >= 4 is 12.3 Å². The molecule has 0 aliphatic heterocycles. The van der Waals surface area contributed by atoms with E-state index in [0.717, 1.165) is 6.07 Å². The number of ether oxygens (including phenoxy) is 1. The zero-order valence-electron chi connectivity index (χ0n) is 10.5. The van der Waals surface area contributed by atoms with Crippen LogP contribution in [0.3, 0.4) is 0 Å². The fourth-order valence-electron chi connectivity index (χ4n) is 1.62. The van der Waals surface area contributed by atoms with Crippen molar-refractivity contribution in [3.63, 3.8) is 0 Å². The molecule has 1 heterocycles. The Labute approximate surface area is 114 Å². The largest absolute Gasteiger partial charge is 0.458 e. The van der Waals surface area contributed by atoms with E-state index < -0.39 is 11.8 Å². The third kappa shape index (κ3) is 2.83. The predicted octanol–water partition coefficient (Wildman–Crippen LogP) is 3.24. The summed E-state index contributed by atoms with van der Waals surface area (Å²) < 4.78 is 23.9. The van der Waals surface area contributed by atoms with E-state index in [-0.39, 0.29) is 29.3 Å². The van der Waals surface area contributed by atoms with E-state index in [1.54, 1.807) is 0 Å². The highest BCUT2D eigenvalue weighted by Gasteiger charge is 2.14. The number of furan rings is 1. The lowest BCUT2D eigenvalue weighted by Gasteiger charge is -2.04. The van der Waals surface area contributed by atoms with E-state index in [4.69, 9.17) is 9.15 Å². The van der Waals surface area contributed by atoms with Crippen LogP contribution in [-0.2, 0) is 4.74 Å². The predicted molar refractivity (Wildman–Crippen MR) is 70.0 cm³/mol. The molecule has 4 nitrogen and oxygen atoms in total. The van der Waals surface area contributed by atoms with E-state index in [1.165, 1.54) is 30.3 Å². The molecule has 0 fully saturated rings. The molecule has 0 atom stereocenters. The van der Waals surface area contributed by atoms with Gasteiger partial charge in [0.1, 0.15) is 18.2 Å². The van der Waals surface area contributed by atoms with Gasteiger partial charge in [-0.25, -0.2) is 9.18 Å². The van der Waals surface area contributed by atoms with Crippen LogP contribution < -0.4 is 0 Å². The van der Waals surface area contributed by atoms with Crippen molar-refractivity contribution in [3.8, 4) is 11.3 Å². The maximum absolute atomic E-state index is 14.0. The van der Waals surface area contributed by atoms with Gasteiger partial charge in [-0.2, -0.15) is 0 Å². The first-order chi connectivity index (χ1) is 9.65. The van der Waals surface area contributed by atoms with Gasteiger partial charge in [-0.15, -0.1) is 0 Å². The summed E-state index contributed by atoms with van der Waals surface area (Å²) in [6, 6.07) is 6.80. The lowest BCUT2D eigenvalue weighted by atomic mass is 10.1. The molecule has 0 saturated carbocycles. The minimum absolute atomic E-state index is 0.0586. The van der Waals surface area contributed by atoms with Gasteiger partial charge in [-0.3, -0.25) is 4.79 Å². The van der Waals surface area contributed by atoms with Crippen molar-refractivity contribution < 1.29 is 23.1 Å². The molecule has 0 radical (unpaired) electrons. The standard InChI is InChI=1S/C15H11FO4/c1-2-7-19-15(18)10-3-5-12(13(16)8-10)14-6-4-11(9-17)20-14/h2-6,8-9H,1,7H2. The lowest BCUT2D eigenvalue weighted by molar-refractivity contribution is 0.0549. The van der Waals surface area contributed by atoms with Gasteiger partial charge in [0.25, 0.3) is 0 Å². The summed E-state index contributed by atoms with van der Waals surface area (Å²) in [4.78, 5) is 22.1. The van der Waals surface area contributed by atoms with Crippen LogP contribution in [0.4, 0.5) is 4.39 Å². The van der Waals surface area contributed by atoms with Gasteiger partial charge >= 0.3 is 5.97 Å². The van der Waals surface area contributed by atoms with Gasteiger partial charge < -0.3 is 9.15 Å². The van der Waals surface area contributed by atoms with E-state index in [1.807, 2.05) is 0 Å². The molecule has 0 saturated heterocycles. The van der Waals surface area contributed by atoms with E-state index in [9.17, 15) is 14.0 Å². The number of hydrogen-bond donors (Lipinski definition) is 0. The molecule has 5 heteroatoms. The number of halogens is 1. The average Bonchev–Trinajstić information content (AvgIpc) is 2.93. The summed E-state index contributed by atoms with van der Waals surface area (Å²) in [7, 11) is 0. The summed E-state index contributed by atoms with van der Waals surface area (Å²) in [6.45, 7) is 3.47. The Morgan fingerprint density at radius 1 is 1.35 bits per heavy atom. The van der Waals surface area contributed by atoms with Crippen LogP contribution in [0.2, 0.25) is 0 Å². The van der Waals surface area contributed by atoms with Crippen molar-refractivity contribution in [3.05, 3.63) is 60.1 Å². The first-order valence-corrected chi connectivity index (χ1v) is 5.78. The van der Waals surface area contributed by atoms with Crippen LogP contribution >= 0.6 is 0 Å². The highest BCUT2D eigenvalue weighted by Crippen LogP contribution is 2.25. The fourth-order valence-corrected chi connectivity index (χ4v) is 1.62. The second-order valence-corrected chi connectivity index (χ2v) is 3.90. The fraction of sp³-hybridized carbons (Fsp3) is 0.0667. The highest BCUT2D eigenvalue weighted by molar-refractivity contribution is 5.90. The number of carbonyl (C=O) groups is 2. The van der Waals surface area contributed by atoms with E-state index >= 15 is 0 Å². The number of esters is 1. The molecular formula is C15H11FO4. The second kappa shape index (κ2) is 5.97. The number of rotatable bonds is 5. The first kappa shape index (κ1) is 13.7. The molecule has 0 unspecified atom stereocenters. The average molecular weight is 274 g/mol. The van der Waals surface area contributed by atoms with Crippen molar-refractivity contribution in [2.75, 3.05) is 6.61 Å². The van der Waals surface area contributed by atoms with Gasteiger partial charge in [0, 0.05) is 0 Å². The van der Waals surface area contributed by atoms with E-state index in [2.05, 4.69) is 6.58 Å². The van der Waals surface area contributed by atoms with Crippen LogP contribution in [0.5, 0.6) is 0 Å². The molecule has 0 aliphatic carbocycles. The number of hydrogen-bond acceptors (Lipinski definition) is 4. The highest BCUT2D eigenvalue weighted by atomic mass is 19.1. The van der Waals surface area contributed by atoms with Crippen LogP contribution in [0, 0.1) is 5.82 Å². The van der Waals surface area contributed by atoms with Crippen molar-refractivity contribution in [2.24, 2.45) is 0 Å². The Kier molecular flexibility index (Phi) is 4.10. The Morgan fingerprint density at radius 2 is 2.15 bits per heavy atom. The van der Waals surface area contributed by atoms with Crippen LogP contribution in [0.1, 0.15) is 20.9 Å². The van der Waals surface area contributed by atoms with Crippen molar-refractivity contribution in [2.45, 2.75) is 0 Å². The van der Waals surface area contributed by atoms with E-state index in [0.29, 0.717) is 6.29 Å². The second-order valence-electron chi connectivity index (χ2n) is 3.90. The summed E-state index contributed by atoms with van der Waals surface area (Å²) in [5.41, 5.74) is 0.258. The van der Waals surface area contributed by atoms with Crippen molar-refractivity contribution in [1.82, 2.24) is 0 Å². The quantitative estimate of drug-likeness (QED) is 0.477. The third-order valence-corrected chi connectivity index (χ3v) is 2.55. The molecule has 0 amide bonds. The maximum Gasteiger partial charge on any atom is 0.338 e. The normalized spacial score (nSPS) is 10.1. The summed E-state index contributed by atoms with van der Waals surface area (Å²) in [6.07, 6.45) is 1.95. The first-order valence-electron chi connectivity index (χ1n) is 5.78. The van der Waals surface area contributed by atoms with Gasteiger partial charge in [-0.1, -0.05) is 12.7 Å². The molecule has 0 spiro atoms. The topological polar surface area (TPSA) is 56.5 Å². The molecule has 0 N–H and O–H groups in total. The smallest absolute Gasteiger partial charge is 0.338 e. The molecule has 2 aromatic rings. The number of aldehydes is 1. The molecular weight excluding hydrogens is 263 g/mol. The molecule has 102 valence electrons. The Morgan fingerprint density at radius 3 is 2.75 bits per heavy atom. The SMILES string of the molecule is C=CCOC(=O)c1ccc(-c2ccc(C=O)o2)c(F)c1. The molecule has 2 rings (SSSR count).